The van der Waals surface area contributed by atoms with Crippen molar-refractivity contribution in [2.24, 2.45) is 0 Å². The number of nitrogens with one attached hydrogen (secondary N) is 3. The molecule has 0 saturated heterocycles. The number of anilines is 1. The molecule has 5 nitrogen and oxygen atoms in total. The van der Waals surface area contributed by atoms with E-state index in [1.807, 2.05) is 0 Å². The van der Waals surface area contributed by atoms with Crippen LogP contribution in [0.3, 0.4) is 0 Å². The SMILES string of the molecule is O=C(Nc1ccc(F)cc1)C(=S)NNCc1cc(Br)ccc1O. The van der Waals surface area contributed by atoms with Gasteiger partial charge in [-0.05, 0) is 42.5 Å². The molecule has 1 amide bonds. The summed E-state index contributed by atoms with van der Waals surface area (Å²) in [6.45, 7) is 0.259. The molecule has 0 aliphatic heterocycles. The monoisotopic (exact) mass is 397 g/mol. The van der Waals surface area contributed by atoms with Gasteiger partial charge in [-0.25, -0.2) is 9.82 Å². The van der Waals surface area contributed by atoms with E-state index < -0.39 is 5.91 Å². The first-order valence-corrected chi connectivity index (χ1v) is 7.73. The van der Waals surface area contributed by atoms with E-state index in [9.17, 15) is 14.3 Å². The summed E-state index contributed by atoms with van der Waals surface area (Å²) in [6, 6.07) is 10.4. The Morgan fingerprint density at radius 1 is 1.22 bits per heavy atom. The van der Waals surface area contributed by atoms with Crippen molar-refractivity contribution in [2.45, 2.75) is 6.54 Å². The smallest absolute Gasteiger partial charge is 0.284 e. The van der Waals surface area contributed by atoms with Crippen LogP contribution in [0, 0.1) is 5.82 Å². The number of benzene rings is 2. The number of carbonyl (C=O) groups excluding carboxylic acids is 1. The van der Waals surface area contributed by atoms with Gasteiger partial charge >= 0.3 is 0 Å². The summed E-state index contributed by atoms with van der Waals surface area (Å²) >= 11 is 8.25. The van der Waals surface area contributed by atoms with E-state index in [0.29, 0.717) is 11.3 Å². The van der Waals surface area contributed by atoms with Crippen LogP contribution < -0.4 is 16.2 Å². The van der Waals surface area contributed by atoms with E-state index >= 15 is 0 Å². The fourth-order valence-corrected chi connectivity index (χ4v) is 2.22. The number of hydrogen-bond donors (Lipinski definition) is 4. The molecular formula is C15H13BrFN3O2S. The fourth-order valence-electron chi connectivity index (χ4n) is 1.69. The van der Waals surface area contributed by atoms with Crippen LogP contribution in [-0.2, 0) is 11.3 Å². The summed E-state index contributed by atoms with van der Waals surface area (Å²) in [5, 5.41) is 12.2. The number of rotatable bonds is 4. The summed E-state index contributed by atoms with van der Waals surface area (Å²) in [5.41, 5.74) is 6.40. The van der Waals surface area contributed by atoms with Gasteiger partial charge < -0.3 is 15.8 Å². The van der Waals surface area contributed by atoms with Gasteiger partial charge in [0, 0.05) is 22.3 Å². The largest absolute Gasteiger partial charge is 0.508 e. The van der Waals surface area contributed by atoms with Crippen molar-refractivity contribution < 1.29 is 14.3 Å². The third kappa shape index (κ3) is 5.27. The molecule has 2 rings (SSSR count). The average molecular weight is 398 g/mol. The second-order valence-electron chi connectivity index (χ2n) is 4.54. The van der Waals surface area contributed by atoms with E-state index in [4.69, 9.17) is 12.2 Å². The van der Waals surface area contributed by atoms with Gasteiger partial charge in [-0.3, -0.25) is 4.79 Å². The van der Waals surface area contributed by atoms with Crippen LogP contribution in [-0.4, -0.2) is 16.0 Å². The van der Waals surface area contributed by atoms with Gasteiger partial charge in [-0.15, -0.1) is 0 Å². The van der Waals surface area contributed by atoms with E-state index in [-0.39, 0.29) is 23.1 Å². The summed E-state index contributed by atoms with van der Waals surface area (Å²) < 4.78 is 13.6. The number of aromatic hydroxyl groups is 1. The quantitative estimate of drug-likeness (QED) is 0.471. The highest BCUT2D eigenvalue weighted by molar-refractivity contribution is 9.10. The highest BCUT2D eigenvalue weighted by Crippen LogP contribution is 2.21. The van der Waals surface area contributed by atoms with Crippen molar-refractivity contribution >= 4 is 44.7 Å². The van der Waals surface area contributed by atoms with Gasteiger partial charge in [0.25, 0.3) is 5.91 Å². The lowest BCUT2D eigenvalue weighted by atomic mass is 10.2. The molecule has 0 spiro atoms. The number of halogens is 2. The molecule has 2 aromatic carbocycles. The molecule has 120 valence electrons. The molecule has 0 fully saturated rings. The minimum absolute atomic E-state index is 0.0798. The van der Waals surface area contributed by atoms with Crippen LogP contribution in [0.5, 0.6) is 5.75 Å². The molecule has 8 heteroatoms. The highest BCUT2D eigenvalue weighted by Gasteiger charge is 2.09. The van der Waals surface area contributed by atoms with E-state index in [2.05, 4.69) is 32.1 Å². The van der Waals surface area contributed by atoms with Crippen molar-refractivity contribution in [3.8, 4) is 5.75 Å². The predicted molar refractivity (Wildman–Crippen MR) is 93.4 cm³/mol. The van der Waals surface area contributed by atoms with Crippen LogP contribution in [0.25, 0.3) is 0 Å². The molecule has 0 heterocycles. The normalized spacial score (nSPS) is 10.2. The Morgan fingerprint density at radius 3 is 2.61 bits per heavy atom. The second-order valence-corrected chi connectivity index (χ2v) is 5.87. The van der Waals surface area contributed by atoms with Crippen LogP contribution >= 0.6 is 28.1 Å². The maximum absolute atomic E-state index is 12.8. The maximum Gasteiger partial charge on any atom is 0.284 e. The molecule has 0 aliphatic carbocycles. The Balaban J connectivity index is 1.83. The van der Waals surface area contributed by atoms with Crippen molar-refractivity contribution in [2.75, 3.05) is 5.32 Å². The zero-order chi connectivity index (χ0) is 16.8. The Bertz CT molecular complexity index is 725. The molecule has 0 radical (unpaired) electrons. The molecule has 0 saturated carbocycles. The lowest BCUT2D eigenvalue weighted by Gasteiger charge is -2.11. The van der Waals surface area contributed by atoms with Crippen molar-refractivity contribution in [3.63, 3.8) is 0 Å². The van der Waals surface area contributed by atoms with Gasteiger partial charge in [-0.1, -0.05) is 28.1 Å². The third-order valence-electron chi connectivity index (χ3n) is 2.83. The maximum atomic E-state index is 12.8. The standard InChI is InChI=1S/C15H13BrFN3O2S/c16-10-1-6-13(21)9(7-10)8-18-20-15(23)14(22)19-12-4-2-11(17)3-5-12/h1-7,18,21H,8H2,(H,19,22)(H,20,23). The van der Waals surface area contributed by atoms with E-state index in [1.54, 1.807) is 18.2 Å². The fraction of sp³-hybridized carbons (Fsp3) is 0.0667. The van der Waals surface area contributed by atoms with Crippen molar-refractivity contribution in [1.29, 1.82) is 0 Å². The minimum atomic E-state index is -0.530. The van der Waals surface area contributed by atoms with Crippen LogP contribution in [0.15, 0.2) is 46.9 Å². The van der Waals surface area contributed by atoms with Gasteiger partial charge in [0.15, 0.2) is 4.99 Å². The Labute approximate surface area is 146 Å². The number of phenolic OH excluding ortho intramolecular Hbond substituents is 1. The van der Waals surface area contributed by atoms with Gasteiger partial charge in [-0.2, -0.15) is 0 Å². The Kier molecular flexibility index (Phi) is 6.03. The van der Waals surface area contributed by atoms with Crippen LogP contribution in [0.1, 0.15) is 5.56 Å². The Morgan fingerprint density at radius 2 is 1.91 bits per heavy atom. The lowest BCUT2D eigenvalue weighted by Crippen LogP contribution is -2.42. The molecule has 0 atom stereocenters. The zero-order valence-electron chi connectivity index (χ0n) is 11.8. The summed E-state index contributed by atoms with van der Waals surface area (Å²) in [4.78, 5) is 11.8. The number of hydrazine groups is 1. The van der Waals surface area contributed by atoms with Crippen molar-refractivity contribution in [1.82, 2.24) is 10.9 Å². The number of phenols is 1. The molecule has 4 N–H and O–H groups in total. The first kappa shape index (κ1) is 17.3. The van der Waals surface area contributed by atoms with Crippen LogP contribution in [0.4, 0.5) is 10.1 Å². The molecule has 2 aromatic rings. The van der Waals surface area contributed by atoms with Gasteiger partial charge in [0.1, 0.15) is 11.6 Å². The van der Waals surface area contributed by atoms with Gasteiger partial charge in [0.05, 0.1) is 0 Å². The molecule has 0 aromatic heterocycles. The predicted octanol–water partition coefficient (Wildman–Crippen LogP) is 2.85. The topological polar surface area (TPSA) is 73.4 Å². The molecular weight excluding hydrogens is 385 g/mol. The zero-order valence-corrected chi connectivity index (χ0v) is 14.2. The van der Waals surface area contributed by atoms with Gasteiger partial charge in [0.2, 0.25) is 0 Å². The van der Waals surface area contributed by atoms with Crippen molar-refractivity contribution in [3.05, 3.63) is 58.3 Å². The summed E-state index contributed by atoms with van der Waals surface area (Å²) in [5.74, 6) is -0.791. The highest BCUT2D eigenvalue weighted by atomic mass is 79.9. The Hall–Kier alpha value is -2.03. The number of carbonyl (C=O) groups is 1. The molecule has 23 heavy (non-hydrogen) atoms. The molecule has 0 aliphatic rings. The van der Waals surface area contributed by atoms with Crippen LogP contribution in [0.2, 0.25) is 0 Å². The number of thiocarbonyl (C=S) groups is 1. The number of amides is 1. The van der Waals surface area contributed by atoms with E-state index in [1.165, 1.54) is 24.3 Å². The summed E-state index contributed by atoms with van der Waals surface area (Å²) in [6.07, 6.45) is 0. The summed E-state index contributed by atoms with van der Waals surface area (Å²) in [7, 11) is 0. The lowest BCUT2D eigenvalue weighted by molar-refractivity contribution is -0.110. The third-order valence-corrected chi connectivity index (χ3v) is 3.61. The average Bonchev–Trinajstić information content (AvgIpc) is 2.52. The molecule has 0 bridgehead atoms. The first-order valence-electron chi connectivity index (χ1n) is 6.53. The second kappa shape index (κ2) is 8.00. The minimum Gasteiger partial charge on any atom is -0.508 e. The van der Waals surface area contributed by atoms with E-state index in [0.717, 1.165) is 4.47 Å². The molecule has 0 unspecified atom stereocenters. The number of hydrogen-bond acceptors (Lipinski definition) is 4. The first-order chi connectivity index (χ1) is 11.0.